The number of unbranched alkanes of at least 4 members (excludes halogenated alkanes) is 4. The SMILES string of the molecule is COCCCCCCCOc1ccc(-c2nnc(-c3ccc(C(=O)N[C@H]4C[C@H](O)CNC(=O)C5[C@@H](O)C(C)CN5C(=O)[C@H]([C@H](O)CC(N)=O)NC(=O)C([C@H](O)Cc5ccc(O)c(OSOO[O-])c5)NC(=O)C5CC(O)CN5C(=O)C(C(C)O)NC4=O)cc3)s2)cc1.[Na+]. The molecule has 4 aromatic rings. The van der Waals surface area contributed by atoms with Crippen molar-refractivity contribution in [2.24, 2.45) is 11.7 Å². The summed E-state index contributed by atoms with van der Waals surface area (Å²) in [6.45, 7) is 2.18. The molecule has 3 fully saturated rings. The van der Waals surface area contributed by atoms with E-state index >= 15 is 0 Å². The number of nitrogens with zero attached hydrogens (tertiary/aromatic N) is 4. The van der Waals surface area contributed by atoms with Gasteiger partial charge in [-0.2, -0.15) is 0 Å². The number of aromatic nitrogens is 2. The van der Waals surface area contributed by atoms with Crippen LogP contribution in [0.25, 0.3) is 21.1 Å². The minimum absolute atomic E-state index is 0. The first-order chi connectivity index (χ1) is 43.5. The molecule has 34 heteroatoms. The first-order valence-electron chi connectivity index (χ1n) is 29.2. The fourth-order valence-corrected chi connectivity index (χ4v) is 11.8. The first kappa shape index (κ1) is 74.4. The zero-order chi connectivity index (χ0) is 66.1. The molecule has 3 aliphatic heterocycles. The van der Waals surface area contributed by atoms with Crippen LogP contribution in [0, 0.1) is 5.92 Å². The third kappa shape index (κ3) is 20.2. The van der Waals surface area contributed by atoms with Gasteiger partial charge in [0.05, 0.1) is 49.7 Å². The van der Waals surface area contributed by atoms with Gasteiger partial charge in [-0.15, -0.1) is 14.5 Å². The van der Waals surface area contributed by atoms with E-state index in [2.05, 4.69) is 46.2 Å². The number of phenolic OH excluding ortho intramolecular Hbond substituents is 1. The molecule has 3 aromatic carbocycles. The number of carbonyl (C=O) groups excluding carboxylic acids is 8. The smallest absolute Gasteiger partial charge is 0.691 e. The van der Waals surface area contributed by atoms with E-state index in [1.54, 1.807) is 19.2 Å². The molecule has 7 unspecified atom stereocenters. The second-order valence-corrected chi connectivity index (χ2v) is 23.8. The number of aliphatic hydroxyl groups is 6. The molecule has 31 nitrogen and oxygen atoms in total. The van der Waals surface area contributed by atoms with Crippen LogP contribution < -0.4 is 76.1 Å². The van der Waals surface area contributed by atoms with Crippen molar-refractivity contribution in [3.05, 3.63) is 77.9 Å². The van der Waals surface area contributed by atoms with Gasteiger partial charge in [0.2, 0.25) is 41.4 Å². The Morgan fingerprint density at radius 1 is 0.772 bits per heavy atom. The predicted molar refractivity (Wildman–Crippen MR) is 318 cm³/mol. The molecule has 4 heterocycles. The Morgan fingerprint density at radius 3 is 2.03 bits per heavy atom. The molecule has 8 amide bonds. The van der Waals surface area contributed by atoms with E-state index in [0.717, 1.165) is 73.1 Å². The number of β-amino-alcohol motifs (C(OH)–C–C–N with tert-alkyl or cyclic N) is 1. The van der Waals surface area contributed by atoms with Crippen LogP contribution in [0.15, 0.2) is 66.7 Å². The molecular weight excluding hydrogens is 1260 g/mol. The third-order valence-electron chi connectivity index (χ3n) is 15.5. The number of hydrogen-bond donors (Lipinski definition) is 13. The van der Waals surface area contributed by atoms with Gasteiger partial charge in [0, 0.05) is 75.2 Å². The number of phenols is 1. The van der Waals surface area contributed by atoms with Crippen molar-refractivity contribution in [3.8, 4) is 38.4 Å². The van der Waals surface area contributed by atoms with E-state index < -0.39 is 177 Å². The summed E-state index contributed by atoms with van der Waals surface area (Å²) in [5, 5.41) is 114. The minimum atomic E-state index is -2.22. The van der Waals surface area contributed by atoms with Gasteiger partial charge in [-0.25, -0.2) is 0 Å². The molecule has 0 saturated carbocycles. The van der Waals surface area contributed by atoms with E-state index in [1.807, 2.05) is 24.3 Å². The van der Waals surface area contributed by atoms with Crippen molar-refractivity contribution in [1.82, 2.24) is 46.6 Å². The maximum absolute atomic E-state index is 14.7. The molecular formula is C58H75N10NaO21S2. The Labute approximate surface area is 558 Å². The van der Waals surface area contributed by atoms with Crippen molar-refractivity contribution < 1.29 is 132 Å². The standard InChI is InChI=1S/C58H76N10O21S2.Na/c1-29-27-68-48(49(29)76)54(81)60-26-35(70)23-38(61-50(77)32-10-12-33(13-11-32)55-65-66-56(90-55)34-14-16-37(17-15-34)86-20-8-6-4-5-7-19-85-3)51(78)62-45(30(2)69)57(82)67-28-36(71)24-39(67)52(79)63-46(53(80)64-47(58(68)83)42(74)25-44(59)75)41(73)21-31-9-18-40(72)43(22-31)87-91-89-88-84;/h9-18,22,29-30,35-36,38-39,41-42,45-49,69-74,76,84H,4-8,19-21,23-28H2,1-3H3,(H2,59,75)(H,60,81)(H,61,77)(H,62,78)(H,63,79)(H,64,80);/q;+1/p-1/t29?,30?,35-,36?,38-,39?,41+,42+,45?,46?,47-,48?,49-;/m0./s1. The summed E-state index contributed by atoms with van der Waals surface area (Å²) in [6, 6.07) is 5.21. The number of benzene rings is 3. The summed E-state index contributed by atoms with van der Waals surface area (Å²) in [5.74, 6) is -10.5. The zero-order valence-corrected chi connectivity index (χ0v) is 54.4. The second kappa shape index (κ2) is 35.6. The summed E-state index contributed by atoms with van der Waals surface area (Å²) in [7, 11) is 1.69. The maximum atomic E-state index is 14.7. The van der Waals surface area contributed by atoms with Crippen LogP contribution in [0.5, 0.6) is 17.2 Å². The molecule has 3 saturated heterocycles. The van der Waals surface area contributed by atoms with Crippen LogP contribution in [0.2, 0.25) is 0 Å². The maximum Gasteiger partial charge on any atom is 1.00 e. The third-order valence-corrected chi connectivity index (χ3v) is 16.9. The van der Waals surface area contributed by atoms with Crippen LogP contribution in [-0.2, 0) is 54.1 Å². The van der Waals surface area contributed by atoms with Gasteiger partial charge in [-0.1, -0.05) is 55.7 Å². The molecule has 0 aliphatic carbocycles. The van der Waals surface area contributed by atoms with Crippen molar-refractivity contribution >= 4 is 70.9 Å². The monoisotopic (exact) mass is 1330 g/mol. The normalized spacial score (nSPS) is 24.5. The first-order valence-corrected chi connectivity index (χ1v) is 30.7. The molecule has 1 aromatic heterocycles. The molecule has 0 radical (unpaired) electrons. The number of nitrogens with one attached hydrogen (secondary N) is 5. The summed E-state index contributed by atoms with van der Waals surface area (Å²) in [5.41, 5.74) is 6.84. The van der Waals surface area contributed by atoms with Gasteiger partial charge < -0.3 is 96.8 Å². The van der Waals surface area contributed by atoms with Crippen molar-refractivity contribution in [2.45, 2.75) is 145 Å². The van der Waals surface area contributed by atoms with Gasteiger partial charge in [0.1, 0.15) is 52.0 Å². The number of ether oxygens (including phenoxy) is 2. The molecule has 496 valence electrons. The number of hydrogen-bond acceptors (Lipinski definition) is 25. The summed E-state index contributed by atoms with van der Waals surface area (Å²) < 4.78 is 20.2. The molecule has 0 spiro atoms. The average Bonchev–Trinajstić information content (AvgIpc) is 1.65. The van der Waals surface area contributed by atoms with Gasteiger partial charge >= 0.3 is 29.6 Å². The minimum Gasteiger partial charge on any atom is -0.691 e. The number of aliphatic hydroxyl groups excluding tert-OH is 6. The largest absolute Gasteiger partial charge is 1.00 e. The Bertz CT molecular complexity index is 3160. The number of carbonyl (C=O) groups is 8. The average molecular weight is 1340 g/mol. The van der Waals surface area contributed by atoms with E-state index in [4.69, 9.17) is 19.4 Å². The van der Waals surface area contributed by atoms with Crippen molar-refractivity contribution in [2.75, 3.05) is 40.0 Å². The fraction of sp³-hybridized carbons (Fsp3) is 0.517. The van der Waals surface area contributed by atoms with Crippen LogP contribution in [0.1, 0.15) is 81.1 Å². The van der Waals surface area contributed by atoms with Crippen LogP contribution in [0.3, 0.4) is 0 Å². The summed E-state index contributed by atoms with van der Waals surface area (Å²) in [4.78, 5) is 115. The fourth-order valence-electron chi connectivity index (χ4n) is 10.6. The Hall–Kier alpha value is -6.67. The molecule has 13 atom stereocenters. The van der Waals surface area contributed by atoms with Crippen molar-refractivity contribution in [1.29, 1.82) is 0 Å². The topological polar surface area (TPSA) is 466 Å². The van der Waals surface area contributed by atoms with Gasteiger partial charge in [-0.05, 0) is 73.9 Å². The number of aromatic hydroxyl groups is 1. The number of fused-ring (bicyclic) bond motifs is 2. The number of amides is 8. The summed E-state index contributed by atoms with van der Waals surface area (Å²) >= 11 is 1.28. The van der Waals surface area contributed by atoms with Crippen LogP contribution >= 0.6 is 23.7 Å². The van der Waals surface area contributed by atoms with Gasteiger partial charge in [0.15, 0.2) is 11.5 Å². The number of rotatable bonds is 24. The molecule has 3 aliphatic rings. The zero-order valence-electron chi connectivity index (χ0n) is 50.8. The van der Waals surface area contributed by atoms with E-state index in [1.165, 1.54) is 36.5 Å². The van der Waals surface area contributed by atoms with E-state index in [-0.39, 0.29) is 58.8 Å². The Balaban J connectivity index is 0.0000134. The van der Waals surface area contributed by atoms with Gasteiger partial charge in [0.25, 0.3) is 18.2 Å². The molecule has 7 rings (SSSR count). The molecule has 92 heavy (non-hydrogen) atoms. The Kier molecular flexibility index (Phi) is 28.7. The van der Waals surface area contributed by atoms with Crippen molar-refractivity contribution in [3.63, 3.8) is 0 Å². The number of methoxy groups -OCH3 is 1. The summed E-state index contributed by atoms with van der Waals surface area (Å²) in [6.07, 6.45) is -8.48. The number of nitrogens with two attached hydrogens (primary N) is 1. The molecule has 0 bridgehead atoms. The van der Waals surface area contributed by atoms with Gasteiger partial charge in [-0.3, -0.25) is 43.4 Å². The second-order valence-electron chi connectivity index (χ2n) is 22.4. The Morgan fingerprint density at radius 2 is 1.39 bits per heavy atom. The molecule has 14 N–H and O–H groups in total. The van der Waals surface area contributed by atoms with E-state index in [9.17, 15) is 79.4 Å². The number of primary amides is 1. The van der Waals surface area contributed by atoms with Crippen LogP contribution in [0.4, 0.5) is 0 Å². The predicted octanol–water partition coefficient (Wildman–Crippen LogP) is -5.45. The quantitative estimate of drug-likeness (QED) is 0.0102. The van der Waals surface area contributed by atoms with Crippen LogP contribution in [-0.4, -0.2) is 216 Å². The van der Waals surface area contributed by atoms with E-state index in [0.29, 0.717) is 27.9 Å².